The molecule has 0 atom stereocenters. The molecule has 0 spiro atoms. The van der Waals surface area contributed by atoms with Gasteiger partial charge in [-0.3, -0.25) is 0 Å². The van der Waals surface area contributed by atoms with Gasteiger partial charge in [0.25, 0.3) is 0 Å². The van der Waals surface area contributed by atoms with Crippen molar-refractivity contribution < 1.29 is 17.9 Å². The van der Waals surface area contributed by atoms with Crippen LogP contribution in [0.4, 0.5) is 5.69 Å². The van der Waals surface area contributed by atoms with E-state index in [0.717, 1.165) is 5.69 Å². The number of methoxy groups -OCH3 is 2. The first kappa shape index (κ1) is 17.1. The van der Waals surface area contributed by atoms with Crippen LogP contribution in [0.25, 0.3) is 0 Å². The molecule has 0 amide bonds. The Hall–Kier alpha value is -2.25. The van der Waals surface area contributed by atoms with Gasteiger partial charge in [0, 0.05) is 24.8 Å². The van der Waals surface area contributed by atoms with Crippen molar-refractivity contribution in [1.82, 2.24) is 4.72 Å². The van der Waals surface area contributed by atoms with Crippen molar-refractivity contribution in [3.63, 3.8) is 0 Å². The maximum Gasteiger partial charge on any atom is 0.244 e. The van der Waals surface area contributed by atoms with Crippen LogP contribution in [-0.4, -0.2) is 35.7 Å². The molecule has 2 aromatic rings. The van der Waals surface area contributed by atoms with E-state index in [1.165, 1.54) is 20.3 Å². The molecule has 0 aliphatic carbocycles. The monoisotopic (exact) mass is 336 g/mol. The third-order valence-electron chi connectivity index (χ3n) is 3.18. The fourth-order valence-electron chi connectivity index (χ4n) is 2.02. The fraction of sp³-hybridized carbons (Fsp3) is 0.250. The molecular formula is C16H20N2O4S. The van der Waals surface area contributed by atoms with Gasteiger partial charge in [-0.05, 0) is 24.3 Å². The van der Waals surface area contributed by atoms with E-state index in [1.807, 2.05) is 30.3 Å². The van der Waals surface area contributed by atoms with Crippen LogP contribution in [-0.2, 0) is 10.0 Å². The van der Waals surface area contributed by atoms with Gasteiger partial charge >= 0.3 is 0 Å². The molecule has 6 nitrogen and oxygen atoms in total. The van der Waals surface area contributed by atoms with Crippen molar-refractivity contribution in [3.8, 4) is 11.5 Å². The second kappa shape index (κ2) is 7.85. The number of rotatable bonds is 8. The molecule has 0 radical (unpaired) electrons. The summed E-state index contributed by atoms with van der Waals surface area (Å²) in [7, 11) is -0.775. The van der Waals surface area contributed by atoms with Crippen LogP contribution in [0.15, 0.2) is 53.4 Å². The second-order valence-corrected chi connectivity index (χ2v) is 6.44. The van der Waals surface area contributed by atoms with Gasteiger partial charge in [-0.2, -0.15) is 0 Å². The van der Waals surface area contributed by atoms with Crippen molar-refractivity contribution in [2.75, 3.05) is 32.6 Å². The first-order valence-electron chi connectivity index (χ1n) is 7.07. The summed E-state index contributed by atoms with van der Waals surface area (Å²) in [5, 5.41) is 3.14. The minimum absolute atomic E-state index is 0.0547. The normalized spacial score (nSPS) is 11.0. The first-order valence-corrected chi connectivity index (χ1v) is 8.56. The molecular weight excluding hydrogens is 316 g/mol. The van der Waals surface area contributed by atoms with Crippen molar-refractivity contribution >= 4 is 15.7 Å². The molecule has 0 unspecified atom stereocenters. The van der Waals surface area contributed by atoms with Gasteiger partial charge in [0.2, 0.25) is 10.0 Å². The summed E-state index contributed by atoms with van der Waals surface area (Å²) in [6.45, 7) is 0.715. The smallest absolute Gasteiger partial charge is 0.244 e. The molecule has 0 fully saturated rings. The van der Waals surface area contributed by atoms with E-state index in [9.17, 15) is 8.42 Å². The number of sulfonamides is 1. The highest BCUT2D eigenvalue weighted by molar-refractivity contribution is 7.89. The molecule has 0 saturated carbocycles. The number of nitrogens with one attached hydrogen (secondary N) is 2. The van der Waals surface area contributed by atoms with Crippen LogP contribution < -0.4 is 19.5 Å². The van der Waals surface area contributed by atoms with Crippen molar-refractivity contribution in [2.24, 2.45) is 0 Å². The summed E-state index contributed by atoms with van der Waals surface area (Å²) in [5.74, 6) is 0.725. The average Bonchev–Trinajstić information content (AvgIpc) is 2.59. The molecule has 124 valence electrons. The van der Waals surface area contributed by atoms with E-state index in [-0.39, 0.29) is 17.2 Å². The van der Waals surface area contributed by atoms with Gasteiger partial charge in [-0.25, -0.2) is 13.1 Å². The maximum atomic E-state index is 12.4. The Morgan fingerprint density at radius 3 is 2.35 bits per heavy atom. The molecule has 0 bridgehead atoms. The number of ether oxygens (including phenoxy) is 2. The lowest BCUT2D eigenvalue weighted by atomic mass is 10.3. The number of hydrogen-bond acceptors (Lipinski definition) is 5. The predicted octanol–water partition coefficient (Wildman–Crippen LogP) is 2.09. The summed E-state index contributed by atoms with van der Waals surface area (Å²) in [6, 6.07) is 14.2. The van der Waals surface area contributed by atoms with Crippen LogP contribution in [0.1, 0.15) is 0 Å². The number of para-hydroxylation sites is 1. The van der Waals surface area contributed by atoms with Gasteiger partial charge in [-0.15, -0.1) is 0 Å². The molecule has 23 heavy (non-hydrogen) atoms. The molecule has 2 rings (SSSR count). The summed E-state index contributed by atoms with van der Waals surface area (Å²) in [5.41, 5.74) is 0.936. The molecule has 0 aromatic heterocycles. The van der Waals surface area contributed by atoms with Gasteiger partial charge in [-0.1, -0.05) is 18.2 Å². The van der Waals surface area contributed by atoms with E-state index in [4.69, 9.17) is 9.47 Å². The lowest BCUT2D eigenvalue weighted by Gasteiger charge is -2.12. The highest BCUT2D eigenvalue weighted by Gasteiger charge is 2.19. The van der Waals surface area contributed by atoms with Crippen LogP contribution >= 0.6 is 0 Å². The van der Waals surface area contributed by atoms with Crippen LogP contribution in [0, 0.1) is 0 Å². The van der Waals surface area contributed by atoms with E-state index >= 15 is 0 Å². The topological polar surface area (TPSA) is 76.7 Å². The molecule has 2 N–H and O–H groups in total. The van der Waals surface area contributed by atoms with Gasteiger partial charge in [0.15, 0.2) is 0 Å². The van der Waals surface area contributed by atoms with Gasteiger partial charge in [0.1, 0.15) is 16.4 Å². The minimum Gasteiger partial charge on any atom is -0.497 e. The summed E-state index contributed by atoms with van der Waals surface area (Å²) < 4.78 is 37.6. The lowest BCUT2D eigenvalue weighted by Crippen LogP contribution is -2.29. The Morgan fingerprint density at radius 1 is 0.957 bits per heavy atom. The molecule has 0 aliphatic heterocycles. The van der Waals surface area contributed by atoms with Gasteiger partial charge < -0.3 is 14.8 Å². The number of benzene rings is 2. The third-order valence-corrected chi connectivity index (χ3v) is 4.66. The first-order chi connectivity index (χ1) is 11.1. The molecule has 0 aliphatic rings. The van der Waals surface area contributed by atoms with Crippen LogP contribution in [0.2, 0.25) is 0 Å². The second-order valence-electron chi connectivity index (χ2n) is 4.71. The zero-order valence-electron chi connectivity index (χ0n) is 13.1. The minimum atomic E-state index is -3.69. The maximum absolute atomic E-state index is 12.4. The molecule has 0 saturated heterocycles. The third kappa shape index (κ3) is 4.61. The Bertz CT molecular complexity index is 733. The summed E-state index contributed by atoms with van der Waals surface area (Å²) in [4.78, 5) is 0.0547. The van der Waals surface area contributed by atoms with E-state index in [2.05, 4.69) is 10.0 Å². The Balaban J connectivity index is 2.01. The average molecular weight is 336 g/mol. The van der Waals surface area contributed by atoms with E-state index in [1.54, 1.807) is 12.1 Å². The Kier molecular flexibility index (Phi) is 5.84. The van der Waals surface area contributed by atoms with Crippen molar-refractivity contribution in [3.05, 3.63) is 48.5 Å². The quantitative estimate of drug-likeness (QED) is 0.722. The van der Waals surface area contributed by atoms with E-state index < -0.39 is 10.0 Å². The molecule has 0 heterocycles. The zero-order valence-corrected chi connectivity index (χ0v) is 13.9. The largest absolute Gasteiger partial charge is 0.497 e. The van der Waals surface area contributed by atoms with Crippen molar-refractivity contribution in [2.45, 2.75) is 4.90 Å². The zero-order chi connectivity index (χ0) is 16.7. The fourth-order valence-corrected chi connectivity index (χ4v) is 3.23. The molecule has 2 aromatic carbocycles. The Labute approximate surface area is 136 Å². The predicted molar refractivity (Wildman–Crippen MR) is 89.7 cm³/mol. The lowest BCUT2D eigenvalue weighted by molar-refractivity contribution is 0.392. The summed E-state index contributed by atoms with van der Waals surface area (Å²) >= 11 is 0. The molecule has 7 heteroatoms. The van der Waals surface area contributed by atoms with Crippen molar-refractivity contribution in [1.29, 1.82) is 0 Å². The van der Waals surface area contributed by atoms with Crippen LogP contribution in [0.3, 0.4) is 0 Å². The van der Waals surface area contributed by atoms with Gasteiger partial charge in [0.05, 0.1) is 14.2 Å². The Morgan fingerprint density at radius 2 is 1.70 bits per heavy atom. The number of anilines is 1. The SMILES string of the molecule is COc1ccc(OC)c(S(=O)(=O)NCCNc2ccccc2)c1. The van der Waals surface area contributed by atoms with E-state index in [0.29, 0.717) is 12.3 Å². The van der Waals surface area contributed by atoms with Crippen LogP contribution in [0.5, 0.6) is 11.5 Å². The standard InChI is InChI=1S/C16H20N2O4S/c1-21-14-8-9-15(22-2)16(12-14)23(19,20)18-11-10-17-13-6-4-3-5-7-13/h3-9,12,17-18H,10-11H2,1-2H3. The highest BCUT2D eigenvalue weighted by Crippen LogP contribution is 2.27. The number of hydrogen-bond donors (Lipinski definition) is 2. The summed E-state index contributed by atoms with van der Waals surface area (Å²) in [6.07, 6.45) is 0. The highest BCUT2D eigenvalue weighted by atomic mass is 32.2.